The van der Waals surface area contributed by atoms with E-state index < -0.39 is 0 Å². The number of anilines is 1. The summed E-state index contributed by atoms with van der Waals surface area (Å²) in [4.78, 5) is 14.8. The van der Waals surface area contributed by atoms with E-state index in [4.69, 9.17) is 18.9 Å². The first-order valence-electron chi connectivity index (χ1n) is 10.4. The van der Waals surface area contributed by atoms with Gasteiger partial charge in [0.25, 0.3) is 0 Å². The molecule has 0 saturated carbocycles. The molecule has 0 aromatic heterocycles. The highest BCUT2D eigenvalue weighted by Gasteiger charge is 2.35. The fourth-order valence-corrected chi connectivity index (χ4v) is 4.76. The zero-order chi connectivity index (χ0) is 21.7. The molecule has 0 fully saturated rings. The van der Waals surface area contributed by atoms with Gasteiger partial charge in [0, 0.05) is 36.4 Å². The van der Waals surface area contributed by atoms with Crippen LogP contribution in [0.25, 0.3) is 21.9 Å². The second-order valence-corrected chi connectivity index (χ2v) is 7.87. The molecule has 2 aliphatic heterocycles. The van der Waals surface area contributed by atoms with E-state index in [1.54, 1.807) is 14.2 Å². The van der Waals surface area contributed by atoms with Crippen molar-refractivity contribution in [2.75, 3.05) is 33.0 Å². The van der Waals surface area contributed by atoms with E-state index in [0.29, 0.717) is 24.3 Å². The second kappa shape index (κ2) is 7.38. The number of hydrogen-bond donors (Lipinski definition) is 0. The molecule has 3 aromatic carbocycles. The molecule has 0 spiro atoms. The smallest absolute Gasteiger partial charge is 0.231 e. The lowest BCUT2D eigenvalue weighted by Gasteiger charge is -2.39. The zero-order valence-electron chi connectivity index (χ0n) is 18.2. The molecule has 1 unspecified atom stereocenters. The largest absolute Gasteiger partial charge is 0.493 e. The zero-order valence-corrected chi connectivity index (χ0v) is 18.2. The average molecular weight is 419 g/mol. The summed E-state index contributed by atoms with van der Waals surface area (Å²) >= 11 is 0. The number of ketones is 1. The van der Waals surface area contributed by atoms with Crippen molar-refractivity contribution in [2.45, 2.75) is 25.8 Å². The van der Waals surface area contributed by atoms with Crippen LogP contribution in [0.5, 0.6) is 23.0 Å². The van der Waals surface area contributed by atoms with Gasteiger partial charge in [-0.2, -0.15) is 0 Å². The van der Waals surface area contributed by atoms with Gasteiger partial charge in [0.2, 0.25) is 6.79 Å². The van der Waals surface area contributed by atoms with Crippen molar-refractivity contribution >= 4 is 22.2 Å². The molecule has 1 atom stereocenters. The van der Waals surface area contributed by atoms with Gasteiger partial charge in [-0.25, -0.2) is 0 Å². The van der Waals surface area contributed by atoms with E-state index >= 15 is 0 Å². The summed E-state index contributed by atoms with van der Waals surface area (Å²) in [7, 11) is 5.32. The summed E-state index contributed by atoms with van der Waals surface area (Å²) in [6, 6.07) is 12.1. The predicted octanol–water partition coefficient (Wildman–Crippen LogP) is 5.11. The number of methoxy groups -OCH3 is 2. The Hall–Kier alpha value is -3.41. The molecule has 0 aliphatic carbocycles. The monoisotopic (exact) mass is 419 g/mol. The lowest BCUT2D eigenvalue weighted by molar-refractivity contribution is -0.119. The Morgan fingerprint density at radius 3 is 2.52 bits per heavy atom. The molecule has 0 amide bonds. The molecule has 5 rings (SSSR count). The fourth-order valence-electron chi connectivity index (χ4n) is 4.76. The van der Waals surface area contributed by atoms with Gasteiger partial charge in [-0.1, -0.05) is 19.1 Å². The number of rotatable bonds is 5. The van der Waals surface area contributed by atoms with Crippen LogP contribution < -0.4 is 23.8 Å². The van der Waals surface area contributed by atoms with Crippen molar-refractivity contribution in [3.05, 3.63) is 42.0 Å². The molecule has 6 heteroatoms. The summed E-state index contributed by atoms with van der Waals surface area (Å²) in [6.07, 6.45) is 0.886. The highest BCUT2D eigenvalue weighted by molar-refractivity contribution is 6.06. The number of ether oxygens (including phenoxy) is 4. The summed E-state index contributed by atoms with van der Waals surface area (Å²) in [6.45, 7) is 2.13. The average Bonchev–Trinajstić information content (AvgIpc) is 3.25. The molecular weight excluding hydrogens is 394 g/mol. The van der Waals surface area contributed by atoms with Crippen molar-refractivity contribution in [2.24, 2.45) is 0 Å². The second-order valence-electron chi connectivity index (χ2n) is 7.87. The summed E-state index contributed by atoms with van der Waals surface area (Å²) < 4.78 is 22.6. The van der Waals surface area contributed by atoms with Crippen LogP contribution >= 0.6 is 0 Å². The Labute approximate surface area is 181 Å². The molecular formula is C25H25NO5. The fraction of sp³-hybridized carbons (Fsp3) is 0.320. The molecule has 2 heterocycles. The number of carbonyl (C=O) groups is 1. The van der Waals surface area contributed by atoms with E-state index in [0.717, 1.165) is 44.6 Å². The van der Waals surface area contributed by atoms with Gasteiger partial charge in [-0.05, 0) is 35.2 Å². The summed E-state index contributed by atoms with van der Waals surface area (Å²) in [5.74, 6) is 3.05. The van der Waals surface area contributed by atoms with Gasteiger partial charge in [-0.15, -0.1) is 0 Å². The highest BCUT2D eigenvalue weighted by Crippen LogP contribution is 2.54. The summed E-state index contributed by atoms with van der Waals surface area (Å²) in [5.41, 5.74) is 4.20. The van der Waals surface area contributed by atoms with E-state index in [2.05, 4.69) is 23.1 Å². The lowest BCUT2D eigenvalue weighted by Crippen LogP contribution is -2.31. The van der Waals surface area contributed by atoms with Gasteiger partial charge in [-0.3, -0.25) is 4.79 Å². The minimum absolute atomic E-state index is 0.170. The number of nitrogens with zero attached hydrogens (tertiary/aromatic N) is 1. The van der Waals surface area contributed by atoms with Crippen LogP contribution in [0.3, 0.4) is 0 Å². The maximum Gasteiger partial charge on any atom is 0.231 e. The predicted molar refractivity (Wildman–Crippen MR) is 120 cm³/mol. The molecule has 6 nitrogen and oxygen atoms in total. The molecule has 0 bridgehead atoms. The van der Waals surface area contributed by atoms with Crippen molar-refractivity contribution < 1.29 is 23.7 Å². The van der Waals surface area contributed by atoms with Gasteiger partial charge < -0.3 is 23.8 Å². The Balaban J connectivity index is 1.81. The van der Waals surface area contributed by atoms with Crippen molar-refractivity contribution in [3.63, 3.8) is 0 Å². The van der Waals surface area contributed by atoms with Crippen LogP contribution in [0.15, 0.2) is 36.4 Å². The Bertz CT molecular complexity index is 1200. The maximum atomic E-state index is 12.6. The maximum absolute atomic E-state index is 12.6. The number of carbonyl (C=O) groups excluding carboxylic acids is 1. The van der Waals surface area contributed by atoms with Crippen LogP contribution in [0.1, 0.15) is 31.4 Å². The van der Waals surface area contributed by atoms with Crippen LogP contribution in [0.2, 0.25) is 0 Å². The molecule has 2 aliphatic rings. The van der Waals surface area contributed by atoms with E-state index in [9.17, 15) is 4.79 Å². The molecule has 3 aromatic rings. The standard InChI is InChI=1S/C25H25NO5/c1-5-15(27)11-19-23-16(8-9-20(28-3)25(23)29-4)17-7-6-14-10-21-22(31-13-30-21)12-18(14)24(17)26(19)2/h6-10,12,19H,5,11,13H2,1-4H3. The topological polar surface area (TPSA) is 57.2 Å². The molecule has 0 N–H and O–H groups in total. The quantitative estimate of drug-likeness (QED) is 0.573. The normalized spacial score (nSPS) is 16.1. The number of hydrogen-bond acceptors (Lipinski definition) is 6. The van der Waals surface area contributed by atoms with E-state index in [-0.39, 0.29) is 18.6 Å². The molecule has 31 heavy (non-hydrogen) atoms. The van der Waals surface area contributed by atoms with Gasteiger partial charge >= 0.3 is 0 Å². The van der Waals surface area contributed by atoms with Crippen molar-refractivity contribution in [3.8, 4) is 34.1 Å². The molecule has 160 valence electrons. The van der Waals surface area contributed by atoms with E-state index in [1.807, 2.05) is 32.2 Å². The Kier molecular flexibility index (Phi) is 4.65. The Morgan fingerprint density at radius 2 is 1.81 bits per heavy atom. The highest BCUT2D eigenvalue weighted by atomic mass is 16.7. The summed E-state index contributed by atoms with van der Waals surface area (Å²) in [5, 5.41) is 2.14. The number of fused-ring (bicyclic) bond motifs is 6. The lowest BCUT2D eigenvalue weighted by atomic mass is 9.83. The van der Waals surface area contributed by atoms with Gasteiger partial charge in [0.15, 0.2) is 23.0 Å². The third-order valence-corrected chi connectivity index (χ3v) is 6.33. The first kappa shape index (κ1) is 19.5. The third kappa shape index (κ3) is 2.89. The van der Waals surface area contributed by atoms with Crippen LogP contribution in [-0.4, -0.2) is 33.8 Å². The van der Waals surface area contributed by atoms with Crippen LogP contribution in [0.4, 0.5) is 5.69 Å². The first-order chi connectivity index (χ1) is 15.1. The number of Topliss-reactive ketones (excluding diaryl/α,β-unsaturated/α-hetero) is 1. The van der Waals surface area contributed by atoms with E-state index in [1.165, 1.54) is 0 Å². The van der Waals surface area contributed by atoms with Crippen LogP contribution in [0, 0.1) is 0 Å². The first-order valence-corrected chi connectivity index (χ1v) is 10.4. The molecule has 0 radical (unpaired) electrons. The van der Waals surface area contributed by atoms with Gasteiger partial charge in [0.1, 0.15) is 5.78 Å². The number of benzene rings is 3. The SMILES string of the molecule is CCC(=O)CC1c2c(ccc(OC)c2OC)-c2ccc3cc4c(cc3c2N1C)OCO4. The Morgan fingerprint density at radius 1 is 1.06 bits per heavy atom. The van der Waals surface area contributed by atoms with Crippen molar-refractivity contribution in [1.82, 2.24) is 0 Å². The minimum Gasteiger partial charge on any atom is -0.493 e. The minimum atomic E-state index is -0.170. The van der Waals surface area contributed by atoms with Gasteiger partial charge in [0.05, 0.1) is 25.9 Å². The van der Waals surface area contributed by atoms with Crippen LogP contribution in [-0.2, 0) is 4.79 Å². The molecule has 0 saturated heterocycles. The third-order valence-electron chi connectivity index (χ3n) is 6.33. The van der Waals surface area contributed by atoms with Crippen molar-refractivity contribution in [1.29, 1.82) is 0 Å².